The van der Waals surface area contributed by atoms with Gasteiger partial charge in [0, 0.05) is 32.3 Å². The van der Waals surface area contributed by atoms with Crippen LogP contribution in [0.5, 0.6) is 0 Å². The monoisotopic (exact) mass is 364 g/mol. The topological polar surface area (TPSA) is 84.3 Å². The fourth-order valence-corrected chi connectivity index (χ4v) is 3.93. The summed E-state index contributed by atoms with van der Waals surface area (Å²) >= 11 is 0. The minimum atomic E-state index is 0.252. The lowest BCUT2D eigenvalue weighted by molar-refractivity contribution is 0.365. The molecule has 4 aromatic heterocycles. The zero-order valence-corrected chi connectivity index (χ0v) is 15.2. The maximum atomic E-state index is 5.64. The van der Waals surface area contributed by atoms with Gasteiger partial charge in [-0.25, -0.2) is 19.9 Å². The third-order valence-electron chi connectivity index (χ3n) is 5.50. The minimum Gasteiger partial charge on any atom is -0.459 e. The molecule has 5 heterocycles. The third kappa shape index (κ3) is 2.59. The molecule has 1 aliphatic rings. The minimum absolute atomic E-state index is 0.252. The molecule has 138 valence electrons. The van der Waals surface area contributed by atoms with E-state index in [0.717, 1.165) is 53.3 Å². The molecular weight excluding hydrogens is 344 g/mol. The van der Waals surface area contributed by atoms with Gasteiger partial charge in [-0.3, -0.25) is 0 Å². The van der Waals surface area contributed by atoms with Gasteiger partial charge in [0.2, 0.25) is 0 Å². The quantitative estimate of drug-likeness (QED) is 0.548. The van der Waals surface area contributed by atoms with Crippen LogP contribution in [0.15, 0.2) is 46.1 Å². The highest BCUT2D eigenvalue weighted by atomic mass is 16.3. The molecule has 0 amide bonds. The molecule has 27 heavy (non-hydrogen) atoms. The van der Waals surface area contributed by atoms with Crippen LogP contribution in [-0.4, -0.2) is 46.1 Å². The molecule has 0 unspecified atom stereocenters. The normalized spacial score (nSPS) is 20.4. The van der Waals surface area contributed by atoms with E-state index < -0.39 is 0 Å². The van der Waals surface area contributed by atoms with Gasteiger partial charge in [-0.2, -0.15) is 0 Å². The Labute approximate surface area is 155 Å². The Balaban J connectivity index is 1.49. The van der Waals surface area contributed by atoms with Crippen LogP contribution in [0.2, 0.25) is 0 Å². The summed E-state index contributed by atoms with van der Waals surface area (Å²) in [5.41, 5.74) is 3.11. The summed E-state index contributed by atoms with van der Waals surface area (Å²) in [6, 6.07) is 3.98. The molecule has 0 bridgehead atoms. The number of anilines is 2. The van der Waals surface area contributed by atoms with Crippen molar-refractivity contribution in [3.63, 3.8) is 0 Å². The maximum Gasteiger partial charge on any atom is 0.194 e. The van der Waals surface area contributed by atoms with Crippen molar-refractivity contribution in [2.45, 2.75) is 19.4 Å². The Kier molecular flexibility index (Phi) is 3.70. The van der Waals surface area contributed by atoms with E-state index in [2.05, 4.69) is 43.7 Å². The van der Waals surface area contributed by atoms with E-state index in [9.17, 15) is 0 Å². The number of likely N-dealkylation sites (N-methyl/N-ethyl adjacent to an activating group) is 1. The SMILES string of the molecule is C[C@@H]1CCN(c2ncnc3ccoc23)C[C@@H]1N(C)c1ncnc2ccoc12. The molecule has 5 rings (SSSR count). The number of hydrogen-bond acceptors (Lipinski definition) is 8. The van der Waals surface area contributed by atoms with E-state index >= 15 is 0 Å². The highest BCUT2D eigenvalue weighted by Gasteiger charge is 2.32. The average molecular weight is 364 g/mol. The summed E-state index contributed by atoms with van der Waals surface area (Å²) in [4.78, 5) is 22.0. The van der Waals surface area contributed by atoms with Crippen LogP contribution in [0.1, 0.15) is 13.3 Å². The van der Waals surface area contributed by atoms with Crippen molar-refractivity contribution >= 4 is 33.8 Å². The van der Waals surface area contributed by atoms with Gasteiger partial charge < -0.3 is 18.6 Å². The van der Waals surface area contributed by atoms with E-state index in [-0.39, 0.29) is 6.04 Å². The van der Waals surface area contributed by atoms with Gasteiger partial charge >= 0.3 is 0 Å². The standard InChI is InChI=1S/C19H20N6O2/c1-12-3-6-25(19-17-14(5-8-27-17)21-11-23-19)9-15(12)24(2)18-16-13(4-7-26-16)20-10-22-18/h4-5,7-8,10-12,15H,3,6,9H2,1-2H3/t12-,15+/m1/s1. The van der Waals surface area contributed by atoms with Gasteiger partial charge in [0.1, 0.15) is 23.7 Å². The molecule has 4 aromatic rings. The first-order chi connectivity index (χ1) is 13.2. The smallest absolute Gasteiger partial charge is 0.194 e. The maximum absolute atomic E-state index is 5.64. The second kappa shape index (κ2) is 6.22. The lowest BCUT2D eigenvalue weighted by Gasteiger charge is -2.42. The molecule has 0 spiro atoms. The number of aromatic nitrogens is 4. The van der Waals surface area contributed by atoms with Crippen molar-refractivity contribution in [2.24, 2.45) is 5.92 Å². The Morgan fingerprint density at radius 1 is 1.00 bits per heavy atom. The second-order valence-electron chi connectivity index (χ2n) is 7.05. The molecule has 0 radical (unpaired) electrons. The van der Waals surface area contributed by atoms with Gasteiger partial charge in [-0.1, -0.05) is 6.92 Å². The van der Waals surface area contributed by atoms with Gasteiger partial charge in [-0.15, -0.1) is 0 Å². The molecule has 1 saturated heterocycles. The van der Waals surface area contributed by atoms with Crippen molar-refractivity contribution < 1.29 is 8.83 Å². The van der Waals surface area contributed by atoms with Crippen molar-refractivity contribution in [3.8, 4) is 0 Å². The number of fused-ring (bicyclic) bond motifs is 2. The van der Waals surface area contributed by atoms with E-state index in [1.54, 1.807) is 25.2 Å². The van der Waals surface area contributed by atoms with E-state index in [0.29, 0.717) is 5.92 Å². The van der Waals surface area contributed by atoms with Crippen molar-refractivity contribution in [1.29, 1.82) is 0 Å². The molecule has 0 aliphatic carbocycles. The Morgan fingerprint density at radius 2 is 1.70 bits per heavy atom. The molecule has 1 fully saturated rings. The highest BCUT2D eigenvalue weighted by Crippen LogP contribution is 2.32. The zero-order valence-electron chi connectivity index (χ0n) is 15.2. The van der Waals surface area contributed by atoms with Crippen LogP contribution >= 0.6 is 0 Å². The fourth-order valence-electron chi connectivity index (χ4n) is 3.93. The van der Waals surface area contributed by atoms with Gasteiger partial charge in [0.25, 0.3) is 0 Å². The number of piperidine rings is 1. The Hall–Kier alpha value is -3.16. The second-order valence-corrected chi connectivity index (χ2v) is 7.05. The first-order valence-electron chi connectivity index (χ1n) is 9.06. The Bertz CT molecular complexity index is 1090. The Morgan fingerprint density at radius 3 is 2.52 bits per heavy atom. The summed E-state index contributed by atoms with van der Waals surface area (Å²) in [7, 11) is 2.07. The van der Waals surface area contributed by atoms with Gasteiger partial charge in [0.15, 0.2) is 22.8 Å². The molecule has 8 nitrogen and oxygen atoms in total. The molecule has 2 atom stereocenters. The number of hydrogen-bond donors (Lipinski definition) is 0. The molecule has 0 N–H and O–H groups in total. The van der Waals surface area contributed by atoms with Crippen LogP contribution in [0.3, 0.4) is 0 Å². The van der Waals surface area contributed by atoms with Crippen molar-refractivity contribution in [1.82, 2.24) is 19.9 Å². The van der Waals surface area contributed by atoms with E-state index in [1.807, 2.05) is 12.1 Å². The zero-order chi connectivity index (χ0) is 18.4. The van der Waals surface area contributed by atoms with E-state index in [4.69, 9.17) is 8.83 Å². The van der Waals surface area contributed by atoms with Crippen LogP contribution < -0.4 is 9.80 Å². The summed E-state index contributed by atoms with van der Waals surface area (Å²) < 4.78 is 11.3. The molecular formula is C19H20N6O2. The first kappa shape index (κ1) is 16.0. The summed E-state index contributed by atoms with van der Waals surface area (Å²) in [6.07, 6.45) is 7.55. The van der Waals surface area contributed by atoms with Crippen LogP contribution in [-0.2, 0) is 0 Å². The lowest BCUT2D eigenvalue weighted by atomic mass is 9.92. The lowest BCUT2D eigenvalue weighted by Crippen LogP contribution is -2.51. The van der Waals surface area contributed by atoms with Crippen LogP contribution in [0.25, 0.3) is 22.2 Å². The molecule has 8 heteroatoms. The number of furan rings is 2. The van der Waals surface area contributed by atoms with Gasteiger partial charge in [-0.05, 0) is 12.3 Å². The van der Waals surface area contributed by atoms with Crippen LogP contribution in [0.4, 0.5) is 11.6 Å². The summed E-state index contributed by atoms with van der Waals surface area (Å²) in [5, 5.41) is 0. The first-order valence-corrected chi connectivity index (χ1v) is 9.06. The molecule has 0 aromatic carbocycles. The highest BCUT2D eigenvalue weighted by molar-refractivity contribution is 5.85. The third-order valence-corrected chi connectivity index (χ3v) is 5.50. The number of rotatable bonds is 3. The predicted octanol–water partition coefficient (Wildman–Crippen LogP) is 3.11. The van der Waals surface area contributed by atoms with E-state index in [1.165, 1.54) is 0 Å². The average Bonchev–Trinajstić information content (AvgIpc) is 3.36. The van der Waals surface area contributed by atoms with Crippen LogP contribution in [0, 0.1) is 5.92 Å². The predicted molar refractivity (Wildman–Crippen MR) is 102 cm³/mol. The summed E-state index contributed by atoms with van der Waals surface area (Å²) in [5.74, 6) is 2.16. The summed E-state index contributed by atoms with van der Waals surface area (Å²) in [6.45, 7) is 4.02. The molecule has 1 aliphatic heterocycles. The van der Waals surface area contributed by atoms with Crippen molar-refractivity contribution in [3.05, 3.63) is 37.3 Å². The number of nitrogens with zero attached hydrogens (tertiary/aromatic N) is 6. The van der Waals surface area contributed by atoms with Gasteiger partial charge in [0.05, 0.1) is 18.6 Å². The van der Waals surface area contributed by atoms with Crippen molar-refractivity contribution in [2.75, 3.05) is 29.9 Å². The largest absolute Gasteiger partial charge is 0.459 e. The fraction of sp³-hybridized carbons (Fsp3) is 0.368. The molecule has 0 saturated carbocycles.